The van der Waals surface area contributed by atoms with Crippen molar-refractivity contribution < 1.29 is 14.4 Å². The molecular weight excluding hydrogens is 262 g/mol. The Kier molecular flexibility index (Phi) is 7.79. The molecule has 0 bridgehead atoms. The van der Waals surface area contributed by atoms with Gasteiger partial charge in [-0.3, -0.25) is 14.5 Å². The van der Waals surface area contributed by atoms with Crippen molar-refractivity contribution in [3.05, 3.63) is 0 Å². The lowest BCUT2D eigenvalue weighted by Crippen LogP contribution is -2.32. The van der Waals surface area contributed by atoms with E-state index in [4.69, 9.17) is 0 Å². The fourth-order valence-electron chi connectivity index (χ4n) is 2.06. The van der Waals surface area contributed by atoms with Crippen LogP contribution in [0, 0.1) is 0 Å². The molecule has 1 heterocycles. The number of imide groups is 1. The van der Waals surface area contributed by atoms with Crippen molar-refractivity contribution in [2.24, 2.45) is 0 Å². The van der Waals surface area contributed by atoms with Crippen molar-refractivity contribution in [2.75, 3.05) is 12.3 Å². The average molecular weight is 285 g/mol. The SMILES string of the molecule is CCCCSC1CC(=O)N(CCCCCC=O)C1=O. The zero-order chi connectivity index (χ0) is 14.1. The molecule has 1 fully saturated rings. The van der Waals surface area contributed by atoms with Gasteiger partial charge >= 0.3 is 0 Å². The van der Waals surface area contributed by atoms with E-state index in [1.165, 1.54) is 4.90 Å². The number of carbonyl (C=O) groups excluding carboxylic acids is 3. The van der Waals surface area contributed by atoms with Crippen LogP contribution in [0.5, 0.6) is 0 Å². The summed E-state index contributed by atoms with van der Waals surface area (Å²) < 4.78 is 0. The number of nitrogens with zero attached hydrogens (tertiary/aromatic N) is 1. The molecule has 5 heteroatoms. The summed E-state index contributed by atoms with van der Waals surface area (Å²) in [6.45, 7) is 2.63. The molecule has 0 saturated carbocycles. The molecule has 0 N–H and O–H groups in total. The van der Waals surface area contributed by atoms with Gasteiger partial charge in [-0.15, -0.1) is 11.8 Å². The quantitative estimate of drug-likeness (QED) is 0.351. The van der Waals surface area contributed by atoms with Gasteiger partial charge in [-0.1, -0.05) is 19.8 Å². The first-order valence-electron chi connectivity index (χ1n) is 7.10. The summed E-state index contributed by atoms with van der Waals surface area (Å²) in [6, 6.07) is 0. The second-order valence-corrected chi connectivity index (χ2v) is 6.13. The van der Waals surface area contributed by atoms with Gasteiger partial charge in [0.1, 0.15) is 6.29 Å². The van der Waals surface area contributed by atoms with Gasteiger partial charge in [-0.05, 0) is 25.0 Å². The van der Waals surface area contributed by atoms with E-state index in [0.29, 0.717) is 19.4 Å². The third kappa shape index (κ3) is 5.35. The minimum atomic E-state index is -0.158. The Morgan fingerprint density at radius 3 is 2.74 bits per heavy atom. The minimum absolute atomic E-state index is 0.0125. The van der Waals surface area contributed by atoms with Crippen LogP contribution in [0.2, 0.25) is 0 Å². The smallest absolute Gasteiger partial charge is 0.242 e. The van der Waals surface area contributed by atoms with E-state index in [-0.39, 0.29) is 17.1 Å². The van der Waals surface area contributed by atoms with Gasteiger partial charge < -0.3 is 4.79 Å². The van der Waals surface area contributed by atoms with Gasteiger partial charge in [0.25, 0.3) is 0 Å². The van der Waals surface area contributed by atoms with Crippen LogP contribution in [0.3, 0.4) is 0 Å². The summed E-state index contributed by atoms with van der Waals surface area (Å²) in [5.41, 5.74) is 0. The van der Waals surface area contributed by atoms with E-state index in [2.05, 4.69) is 6.92 Å². The van der Waals surface area contributed by atoms with Crippen molar-refractivity contribution in [1.82, 2.24) is 4.90 Å². The monoisotopic (exact) mass is 285 g/mol. The molecule has 1 saturated heterocycles. The molecule has 1 unspecified atom stereocenters. The van der Waals surface area contributed by atoms with E-state index in [9.17, 15) is 14.4 Å². The van der Waals surface area contributed by atoms with E-state index in [1.54, 1.807) is 11.8 Å². The average Bonchev–Trinajstić information content (AvgIpc) is 2.66. The third-order valence-corrected chi connectivity index (χ3v) is 4.52. The predicted octanol–water partition coefficient (Wildman–Crippen LogP) is 2.41. The number of amides is 2. The Bertz CT molecular complexity index is 320. The summed E-state index contributed by atoms with van der Waals surface area (Å²) in [7, 11) is 0. The Morgan fingerprint density at radius 2 is 2.05 bits per heavy atom. The van der Waals surface area contributed by atoms with Gasteiger partial charge in [0.2, 0.25) is 11.8 Å². The maximum atomic E-state index is 12.1. The van der Waals surface area contributed by atoms with Crippen molar-refractivity contribution in [3.8, 4) is 0 Å². The molecule has 1 aliphatic heterocycles. The molecule has 1 aliphatic rings. The van der Waals surface area contributed by atoms with Crippen molar-refractivity contribution in [1.29, 1.82) is 0 Å². The van der Waals surface area contributed by atoms with Crippen LogP contribution in [-0.4, -0.2) is 40.5 Å². The van der Waals surface area contributed by atoms with Crippen molar-refractivity contribution in [2.45, 2.75) is 57.1 Å². The molecule has 19 heavy (non-hydrogen) atoms. The van der Waals surface area contributed by atoms with Gasteiger partial charge in [0, 0.05) is 19.4 Å². The summed E-state index contributed by atoms with van der Waals surface area (Å²) in [5.74, 6) is 0.906. The van der Waals surface area contributed by atoms with Crippen LogP contribution in [0.4, 0.5) is 0 Å². The largest absolute Gasteiger partial charge is 0.303 e. The number of aldehydes is 1. The highest BCUT2D eigenvalue weighted by Gasteiger charge is 2.37. The van der Waals surface area contributed by atoms with E-state index in [0.717, 1.165) is 44.1 Å². The summed E-state index contributed by atoms with van der Waals surface area (Å²) in [5, 5.41) is -0.158. The standard InChI is InChI=1S/C14H23NO3S/c1-2-3-10-19-12-11-13(17)15(14(12)18)8-6-4-5-7-9-16/h9,12H,2-8,10-11H2,1H3. The lowest BCUT2D eigenvalue weighted by atomic mass is 10.2. The molecule has 1 atom stereocenters. The number of hydrogen-bond acceptors (Lipinski definition) is 4. The van der Waals surface area contributed by atoms with Gasteiger partial charge in [-0.2, -0.15) is 0 Å². The Morgan fingerprint density at radius 1 is 1.26 bits per heavy atom. The lowest BCUT2D eigenvalue weighted by molar-refractivity contribution is -0.138. The highest BCUT2D eigenvalue weighted by Crippen LogP contribution is 2.26. The summed E-state index contributed by atoms with van der Waals surface area (Å²) in [6.07, 6.45) is 6.58. The van der Waals surface area contributed by atoms with Crippen LogP contribution in [0.1, 0.15) is 51.9 Å². The molecule has 4 nitrogen and oxygen atoms in total. The molecule has 1 rings (SSSR count). The number of carbonyl (C=O) groups is 3. The number of thioether (sulfide) groups is 1. The topological polar surface area (TPSA) is 54.5 Å². The fourth-order valence-corrected chi connectivity index (χ4v) is 3.33. The first-order valence-corrected chi connectivity index (χ1v) is 8.15. The Hall–Kier alpha value is -0.840. The maximum Gasteiger partial charge on any atom is 0.242 e. The van der Waals surface area contributed by atoms with Crippen molar-refractivity contribution in [3.63, 3.8) is 0 Å². The summed E-state index contributed by atoms with van der Waals surface area (Å²) in [4.78, 5) is 35.4. The highest BCUT2D eigenvalue weighted by atomic mass is 32.2. The van der Waals surface area contributed by atoms with Crippen LogP contribution < -0.4 is 0 Å². The van der Waals surface area contributed by atoms with Crippen LogP contribution in [0.15, 0.2) is 0 Å². The molecule has 0 spiro atoms. The molecule has 108 valence electrons. The van der Waals surface area contributed by atoms with Crippen LogP contribution in [0.25, 0.3) is 0 Å². The molecule has 2 amide bonds. The van der Waals surface area contributed by atoms with Crippen LogP contribution >= 0.6 is 11.8 Å². The molecule has 0 aromatic heterocycles. The number of unbranched alkanes of at least 4 members (excludes halogenated alkanes) is 4. The summed E-state index contributed by atoms with van der Waals surface area (Å²) >= 11 is 1.61. The van der Waals surface area contributed by atoms with Gasteiger partial charge in [0.15, 0.2) is 0 Å². The highest BCUT2D eigenvalue weighted by molar-refractivity contribution is 8.00. The fraction of sp³-hybridized carbons (Fsp3) is 0.786. The zero-order valence-corrected chi connectivity index (χ0v) is 12.4. The molecule has 0 aromatic carbocycles. The first kappa shape index (κ1) is 16.2. The number of rotatable bonds is 10. The molecule has 0 aromatic rings. The Labute approximate surface area is 119 Å². The van der Waals surface area contributed by atoms with Crippen LogP contribution in [-0.2, 0) is 14.4 Å². The van der Waals surface area contributed by atoms with Gasteiger partial charge in [0.05, 0.1) is 5.25 Å². The van der Waals surface area contributed by atoms with Crippen molar-refractivity contribution >= 4 is 29.9 Å². The lowest BCUT2D eigenvalue weighted by Gasteiger charge is -2.14. The van der Waals surface area contributed by atoms with E-state index in [1.807, 2.05) is 0 Å². The predicted molar refractivity (Wildman–Crippen MR) is 77.0 cm³/mol. The van der Waals surface area contributed by atoms with E-state index >= 15 is 0 Å². The van der Waals surface area contributed by atoms with E-state index < -0.39 is 0 Å². The van der Waals surface area contributed by atoms with Gasteiger partial charge in [-0.25, -0.2) is 0 Å². The first-order chi connectivity index (χ1) is 9.20. The maximum absolute atomic E-state index is 12.1. The minimum Gasteiger partial charge on any atom is -0.303 e. The Balaban J connectivity index is 2.28. The number of hydrogen-bond donors (Lipinski definition) is 0. The third-order valence-electron chi connectivity index (χ3n) is 3.22. The molecule has 0 radical (unpaired) electrons. The zero-order valence-electron chi connectivity index (χ0n) is 11.6. The molecule has 0 aliphatic carbocycles. The second kappa shape index (κ2) is 9.13. The second-order valence-electron chi connectivity index (χ2n) is 4.82. The molecular formula is C14H23NO3S. The normalized spacial score (nSPS) is 19.2. The number of likely N-dealkylation sites (tertiary alicyclic amines) is 1.